The van der Waals surface area contributed by atoms with Gasteiger partial charge in [0, 0.05) is 11.6 Å². The Balaban J connectivity index is 1.68. The monoisotopic (exact) mass is 498 g/mol. The first-order valence-corrected chi connectivity index (χ1v) is 12.0. The smallest absolute Gasteiger partial charge is 0.346 e. The molecule has 4 rings (SSSR count). The average Bonchev–Trinajstić information content (AvgIpc) is 3.08. The second kappa shape index (κ2) is 9.14. The van der Waals surface area contributed by atoms with Crippen LogP contribution >= 0.6 is 24.0 Å². The number of benzene rings is 3. The SMILES string of the molecule is O=C1/C(=C\c2ccccc2OS(=O)(=O)c2ccccc2[N+](=O)[O-])SC(=S)N1c1ccccc1. The van der Waals surface area contributed by atoms with Crippen LogP contribution in [0, 0.1) is 10.1 Å². The van der Waals surface area contributed by atoms with Gasteiger partial charge in [0.25, 0.3) is 11.6 Å². The summed E-state index contributed by atoms with van der Waals surface area (Å²) in [6.45, 7) is 0. The number of amides is 1. The molecule has 0 atom stereocenters. The molecule has 1 aliphatic rings. The largest absolute Gasteiger partial charge is 0.378 e. The van der Waals surface area contributed by atoms with E-state index in [4.69, 9.17) is 16.4 Å². The Labute approximate surface area is 198 Å². The van der Waals surface area contributed by atoms with Crippen molar-refractivity contribution in [3.8, 4) is 5.75 Å². The van der Waals surface area contributed by atoms with Crippen molar-refractivity contribution in [2.24, 2.45) is 0 Å². The topological polar surface area (TPSA) is 107 Å². The number of rotatable bonds is 6. The van der Waals surface area contributed by atoms with Gasteiger partial charge < -0.3 is 4.18 Å². The quantitative estimate of drug-likeness (QED) is 0.157. The van der Waals surface area contributed by atoms with Crippen LogP contribution in [0.2, 0.25) is 0 Å². The third kappa shape index (κ3) is 4.65. The summed E-state index contributed by atoms with van der Waals surface area (Å²) >= 11 is 6.43. The standard InChI is InChI=1S/C22H14N2O6S3/c25-21-19(32-22(31)23(21)16-9-2-1-3-10-16)14-15-8-4-6-12-18(15)30-33(28,29)20-13-7-5-11-17(20)24(26)27/h1-14H/b19-14+. The number of nitro benzene ring substituents is 1. The summed E-state index contributed by atoms with van der Waals surface area (Å²) in [6.07, 6.45) is 1.48. The summed E-state index contributed by atoms with van der Waals surface area (Å²) in [4.78, 5) is 24.5. The molecule has 1 fully saturated rings. The second-order valence-electron chi connectivity index (χ2n) is 6.65. The summed E-state index contributed by atoms with van der Waals surface area (Å²) in [6, 6.07) is 20.0. The van der Waals surface area contributed by atoms with Gasteiger partial charge in [0.2, 0.25) is 0 Å². The molecule has 0 N–H and O–H groups in total. The Morgan fingerprint density at radius 3 is 2.33 bits per heavy atom. The minimum atomic E-state index is -4.52. The highest BCUT2D eigenvalue weighted by Crippen LogP contribution is 2.37. The molecule has 11 heteroatoms. The molecule has 8 nitrogen and oxygen atoms in total. The van der Waals surface area contributed by atoms with Gasteiger partial charge in [-0.15, -0.1) is 0 Å². The molecule has 0 aromatic heterocycles. The lowest BCUT2D eigenvalue weighted by atomic mass is 10.2. The number of para-hydroxylation sites is 3. The third-order valence-corrected chi connectivity index (χ3v) is 7.13. The summed E-state index contributed by atoms with van der Waals surface area (Å²) in [5, 5.41) is 11.3. The van der Waals surface area contributed by atoms with Crippen molar-refractivity contribution in [1.82, 2.24) is 0 Å². The maximum absolute atomic E-state index is 13.0. The Morgan fingerprint density at radius 1 is 0.970 bits per heavy atom. The van der Waals surface area contributed by atoms with Crippen LogP contribution in [-0.2, 0) is 14.9 Å². The van der Waals surface area contributed by atoms with Gasteiger partial charge in [0.1, 0.15) is 5.75 Å². The maximum atomic E-state index is 13.0. The molecule has 0 bridgehead atoms. The number of hydrogen-bond acceptors (Lipinski definition) is 8. The van der Waals surface area contributed by atoms with Crippen molar-refractivity contribution < 1.29 is 22.3 Å². The number of thioether (sulfide) groups is 1. The van der Waals surface area contributed by atoms with Crippen LogP contribution in [0.3, 0.4) is 0 Å². The number of nitro groups is 1. The highest BCUT2D eigenvalue weighted by molar-refractivity contribution is 8.27. The molecule has 1 saturated heterocycles. The molecule has 0 aliphatic carbocycles. The molecule has 0 radical (unpaired) electrons. The maximum Gasteiger partial charge on any atom is 0.346 e. The lowest BCUT2D eigenvalue weighted by Crippen LogP contribution is -2.27. The molecule has 1 aliphatic heterocycles. The number of hydrogen-bond donors (Lipinski definition) is 0. The number of nitrogens with zero attached hydrogens (tertiary/aromatic N) is 2. The zero-order valence-corrected chi connectivity index (χ0v) is 19.1. The predicted octanol–water partition coefficient (Wildman–Crippen LogP) is 4.77. The molecule has 33 heavy (non-hydrogen) atoms. The highest BCUT2D eigenvalue weighted by Gasteiger charge is 2.34. The van der Waals surface area contributed by atoms with Crippen molar-refractivity contribution in [3.05, 3.63) is 99.4 Å². The van der Waals surface area contributed by atoms with Gasteiger partial charge in [-0.05, 0) is 30.3 Å². The summed E-state index contributed by atoms with van der Waals surface area (Å²) in [5.41, 5.74) is 0.318. The van der Waals surface area contributed by atoms with Gasteiger partial charge >= 0.3 is 10.1 Å². The van der Waals surface area contributed by atoms with E-state index in [0.717, 1.165) is 23.9 Å². The molecule has 1 heterocycles. The summed E-state index contributed by atoms with van der Waals surface area (Å²) < 4.78 is 31.2. The molecule has 3 aromatic carbocycles. The van der Waals surface area contributed by atoms with Crippen LogP contribution in [0.25, 0.3) is 6.08 Å². The molecular formula is C22H14N2O6S3. The van der Waals surface area contributed by atoms with Crippen LogP contribution in [0.4, 0.5) is 11.4 Å². The van der Waals surface area contributed by atoms with E-state index in [2.05, 4.69) is 0 Å². The van der Waals surface area contributed by atoms with E-state index in [-0.39, 0.29) is 16.6 Å². The molecule has 0 spiro atoms. The van der Waals surface area contributed by atoms with E-state index in [1.54, 1.807) is 42.5 Å². The minimum absolute atomic E-state index is 0.0827. The molecule has 0 unspecified atom stereocenters. The third-order valence-electron chi connectivity index (χ3n) is 4.54. The zero-order chi connectivity index (χ0) is 23.6. The fourth-order valence-corrected chi connectivity index (χ4v) is 5.48. The number of carbonyl (C=O) groups excluding carboxylic acids is 1. The lowest BCUT2D eigenvalue weighted by Gasteiger charge is -2.14. The van der Waals surface area contributed by atoms with Crippen molar-refractivity contribution >= 4 is 61.8 Å². The van der Waals surface area contributed by atoms with E-state index in [0.29, 0.717) is 15.6 Å². The Kier molecular flexibility index (Phi) is 6.27. The summed E-state index contributed by atoms with van der Waals surface area (Å²) in [5.74, 6) is -0.437. The van der Waals surface area contributed by atoms with Gasteiger partial charge in [-0.3, -0.25) is 19.8 Å². The van der Waals surface area contributed by atoms with Crippen LogP contribution in [-0.4, -0.2) is 23.6 Å². The van der Waals surface area contributed by atoms with E-state index >= 15 is 0 Å². The van der Waals surface area contributed by atoms with Gasteiger partial charge in [-0.25, -0.2) is 0 Å². The van der Waals surface area contributed by atoms with Crippen LogP contribution < -0.4 is 9.08 Å². The van der Waals surface area contributed by atoms with Crippen molar-refractivity contribution in [3.63, 3.8) is 0 Å². The molecule has 3 aromatic rings. The zero-order valence-electron chi connectivity index (χ0n) is 16.7. The number of anilines is 1. The summed E-state index contributed by atoms with van der Waals surface area (Å²) in [7, 11) is -4.52. The minimum Gasteiger partial charge on any atom is -0.378 e. The van der Waals surface area contributed by atoms with Crippen LogP contribution in [0.15, 0.2) is 88.7 Å². The second-order valence-corrected chi connectivity index (χ2v) is 9.84. The number of thiocarbonyl (C=S) groups is 1. The van der Waals surface area contributed by atoms with E-state index in [9.17, 15) is 23.3 Å². The van der Waals surface area contributed by atoms with Crippen LogP contribution in [0.1, 0.15) is 5.56 Å². The molecule has 1 amide bonds. The highest BCUT2D eigenvalue weighted by atomic mass is 32.2. The van der Waals surface area contributed by atoms with Gasteiger partial charge in [-0.2, -0.15) is 8.42 Å². The van der Waals surface area contributed by atoms with E-state index < -0.39 is 25.6 Å². The number of carbonyl (C=O) groups is 1. The predicted molar refractivity (Wildman–Crippen MR) is 129 cm³/mol. The Bertz CT molecular complexity index is 1400. The molecular weight excluding hydrogens is 484 g/mol. The fraction of sp³-hybridized carbons (Fsp3) is 0. The first-order chi connectivity index (χ1) is 15.8. The van der Waals surface area contributed by atoms with Gasteiger partial charge in [-0.1, -0.05) is 72.5 Å². The Hall–Kier alpha value is -3.54. The van der Waals surface area contributed by atoms with E-state index in [1.165, 1.54) is 29.2 Å². The lowest BCUT2D eigenvalue weighted by molar-refractivity contribution is -0.387. The average molecular weight is 499 g/mol. The van der Waals surface area contributed by atoms with Crippen molar-refractivity contribution in [1.29, 1.82) is 0 Å². The molecule has 166 valence electrons. The van der Waals surface area contributed by atoms with Gasteiger partial charge in [0.05, 0.1) is 15.5 Å². The molecule has 0 saturated carbocycles. The van der Waals surface area contributed by atoms with E-state index in [1.807, 2.05) is 6.07 Å². The Morgan fingerprint density at radius 2 is 1.61 bits per heavy atom. The fourth-order valence-electron chi connectivity index (χ4n) is 3.07. The van der Waals surface area contributed by atoms with Gasteiger partial charge in [0.15, 0.2) is 9.22 Å². The van der Waals surface area contributed by atoms with Crippen molar-refractivity contribution in [2.75, 3.05) is 4.90 Å². The van der Waals surface area contributed by atoms with Crippen LogP contribution in [0.5, 0.6) is 5.75 Å². The normalized spacial score (nSPS) is 15.2. The first-order valence-electron chi connectivity index (χ1n) is 9.38. The van der Waals surface area contributed by atoms with Crippen molar-refractivity contribution in [2.45, 2.75) is 4.90 Å². The first kappa shape index (κ1) is 22.6.